The lowest BCUT2D eigenvalue weighted by molar-refractivity contribution is 1.11. The maximum Gasteiger partial charge on any atom is 0.0423 e. The first kappa shape index (κ1) is 7.56. The van der Waals surface area contributed by atoms with E-state index in [0.29, 0.717) is 0 Å². The number of hydrogen-bond donors (Lipinski definition) is 1. The zero-order chi connectivity index (χ0) is 9.38. The number of benzene rings is 1. The summed E-state index contributed by atoms with van der Waals surface area (Å²) in [7, 11) is 0. The Labute approximate surface area is 82.6 Å². The van der Waals surface area contributed by atoms with Crippen LogP contribution in [0.3, 0.4) is 0 Å². The average Bonchev–Trinajstić information content (AvgIpc) is 2.29. The Morgan fingerprint density at radius 3 is 3.00 bits per heavy atom. The summed E-state index contributed by atoms with van der Waals surface area (Å²) in [4.78, 5) is 4.17. The smallest absolute Gasteiger partial charge is 0.0423 e. The van der Waals surface area contributed by atoms with Gasteiger partial charge in [0.15, 0.2) is 0 Å². The Morgan fingerprint density at radius 1 is 1.07 bits per heavy atom. The standard InChI is InChI=1S/C12H10N2/c1-2-4-12-10(3-1)11-8-13-6-5-9(11)7-14-12/h1-6,8,14H,7H2. The molecule has 1 aromatic heterocycles. The Morgan fingerprint density at radius 2 is 2.00 bits per heavy atom. The minimum absolute atomic E-state index is 0.898. The first-order chi connectivity index (χ1) is 6.95. The topological polar surface area (TPSA) is 24.9 Å². The van der Waals surface area contributed by atoms with Crippen LogP contribution < -0.4 is 5.32 Å². The van der Waals surface area contributed by atoms with Gasteiger partial charge in [-0.2, -0.15) is 0 Å². The number of anilines is 1. The SMILES string of the molecule is c1ccc2c(c1)NCc1ccncc1-2. The van der Waals surface area contributed by atoms with Crippen molar-refractivity contribution in [3.63, 3.8) is 0 Å². The van der Waals surface area contributed by atoms with E-state index in [-0.39, 0.29) is 0 Å². The number of nitrogens with one attached hydrogen (secondary N) is 1. The Kier molecular flexibility index (Phi) is 1.53. The fourth-order valence-corrected chi connectivity index (χ4v) is 1.88. The van der Waals surface area contributed by atoms with Gasteiger partial charge >= 0.3 is 0 Å². The molecule has 2 heteroatoms. The second-order valence-electron chi connectivity index (χ2n) is 3.43. The van der Waals surface area contributed by atoms with E-state index in [1.165, 1.54) is 22.4 Å². The van der Waals surface area contributed by atoms with Gasteiger partial charge in [0.05, 0.1) is 0 Å². The molecule has 0 unspecified atom stereocenters. The quantitative estimate of drug-likeness (QED) is 0.677. The number of para-hydroxylation sites is 1. The van der Waals surface area contributed by atoms with Crippen LogP contribution in [0.15, 0.2) is 42.7 Å². The van der Waals surface area contributed by atoms with Crippen molar-refractivity contribution in [2.75, 3.05) is 5.32 Å². The van der Waals surface area contributed by atoms with E-state index in [9.17, 15) is 0 Å². The monoisotopic (exact) mass is 182 g/mol. The first-order valence-electron chi connectivity index (χ1n) is 4.71. The molecule has 0 radical (unpaired) electrons. The zero-order valence-electron chi connectivity index (χ0n) is 7.70. The second-order valence-corrected chi connectivity index (χ2v) is 3.43. The van der Waals surface area contributed by atoms with Gasteiger partial charge in [-0.1, -0.05) is 18.2 Å². The molecule has 2 aromatic rings. The molecule has 1 aliphatic heterocycles. The molecule has 1 N–H and O–H groups in total. The van der Waals surface area contributed by atoms with Crippen LogP contribution in [0.1, 0.15) is 5.56 Å². The summed E-state index contributed by atoms with van der Waals surface area (Å²) in [5.41, 5.74) is 5.02. The van der Waals surface area contributed by atoms with Crippen LogP contribution >= 0.6 is 0 Å². The van der Waals surface area contributed by atoms with E-state index in [1.54, 1.807) is 0 Å². The molecule has 0 bridgehead atoms. The van der Waals surface area contributed by atoms with Gasteiger partial charge in [0.2, 0.25) is 0 Å². The number of pyridine rings is 1. The molecule has 0 fully saturated rings. The zero-order valence-corrected chi connectivity index (χ0v) is 7.70. The molecule has 68 valence electrons. The summed E-state index contributed by atoms with van der Waals surface area (Å²) < 4.78 is 0. The van der Waals surface area contributed by atoms with Gasteiger partial charge in [-0.15, -0.1) is 0 Å². The predicted octanol–water partition coefficient (Wildman–Crippen LogP) is 2.67. The molecule has 1 aromatic carbocycles. The van der Waals surface area contributed by atoms with Gasteiger partial charge in [0, 0.05) is 35.8 Å². The third-order valence-corrected chi connectivity index (χ3v) is 2.60. The van der Waals surface area contributed by atoms with Crippen LogP contribution in [0.25, 0.3) is 11.1 Å². The molecular weight excluding hydrogens is 172 g/mol. The molecule has 2 nitrogen and oxygen atoms in total. The van der Waals surface area contributed by atoms with Crippen LogP contribution in [-0.4, -0.2) is 4.98 Å². The first-order valence-corrected chi connectivity index (χ1v) is 4.71. The highest BCUT2D eigenvalue weighted by atomic mass is 14.9. The number of nitrogens with zero attached hydrogens (tertiary/aromatic N) is 1. The molecule has 2 heterocycles. The van der Waals surface area contributed by atoms with Crippen LogP contribution in [0, 0.1) is 0 Å². The van der Waals surface area contributed by atoms with Crippen molar-refractivity contribution >= 4 is 5.69 Å². The third kappa shape index (κ3) is 1.01. The lowest BCUT2D eigenvalue weighted by atomic mass is 9.97. The molecular formula is C12H10N2. The molecule has 0 saturated heterocycles. The van der Waals surface area contributed by atoms with Gasteiger partial charge < -0.3 is 5.32 Å². The largest absolute Gasteiger partial charge is 0.380 e. The average molecular weight is 182 g/mol. The van der Waals surface area contributed by atoms with Gasteiger partial charge in [0.25, 0.3) is 0 Å². The maximum atomic E-state index is 4.17. The predicted molar refractivity (Wildman–Crippen MR) is 57.0 cm³/mol. The normalized spacial score (nSPS) is 12.6. The Bertz CT molecular complexity index is 432. The summed E-state index contributed by atoms with van der Waals surface area (Å²) in [5, 5.41) is 3.39. The maximum absolute atomic E-state index is 4.17. The minimum atomic E-state index is 0.898. The molecule has 1 aliphatic rings. The molecule has 3 rings (SSSR count). The lowest BCUT2D eigenvalue weighted by Gasteiger charge is -2.20. The van der Waals surface area contributed by atoms with E-state index < -0.39 is 0 Å². The summed E-state index contributed by atoms with van der Waals surface area (Å²) in [6.45, 7) is 0.898. The minimum Gasteiger partial charge on any atom is -0.380 e. The van der Waals surface area contributed by atoms with E-state index in [0.717, 1.165) is 6.54 Å². The molecule has 0 atom stereocenters. The summed E-state index contributed by atoms with van der Waals surface area (Å²) in [6, 6.07) is 10.4. The van der Waals surface area contributed by atoms with Gasteiger partial charge in [-0.3, -0.25) is 4.98 Å². The van der Waals surface area contributed by atoms with E-state index >= 15 is 0 Å². The summed E-state index contributed by atoms with van der Waals surface area (Å²) in [6.07, 6.45) is 3.78. The molecule has 0 saturated carbocycles. The van der Waals surface area contributed by atoms with E-state index in [2.05, 4.69) is 34.6 Å². The second kappa shape index (κ2) is 2.84. The van der Waals surface area contributed by atoms with Gasteiger partial charge in [-0.05, 0) is 17.7 Å². The molecule has 0 amide bonds. The highest BCUT2D eigenvalue weighted by molar-refractivity contribution is 5.82. The Hall–Kier alpha value is -1.83. The number of hydrogen-bond acceptors (Lipinski definition) is 2. The van der Waals surface area contributed by atoms with Gasteiger partial charge in [-0.25, -0.2) is 0 Å². The summed E-state index contributed by atoms with van der Waals surface area (Å²) >= 11 is 0. The number of fused-ring (bicyclic) bond motifs is 3. The van der Waals surface area contributed by atoms with Crippen molar-refractivity contribution in [1.82, 2.24) is 4.98 Å². The van der Waals surface area contributed by atoms with Gasteiger partial charge in [0.1, 0.15) is 0 Å². The Balaban J connectivity index is 2.29. The fraction of sp³-hybridized carbons (Fsp3) is 0.0833. The number of aromatic nitrogens is 1. The van der Waals surface area contributed by atoms with Crippen LogP contribution in [0.2, 0.25) is 0 Å². The fourth-order valence-electron chi connectivity index (χ4n) is 1.88. The highest BCUT2D eigenvalue weighted by Crippen LogP contribution is 2.34. The van der Waals surface area contributed by atoms with Crippen LogP contribution in [0.5, 0.6) is 0 Å². The number of rotatable bonds is 0. The van der Waals surface area contributed by atoms with Crippen molar-refractivity contribution in [1.29, 1.82) is 0 Å². The van der Waals surface area contributed by atoms with Crippen molar-refractivity contribution in [2.24, 2.45) is 0 Å². The third-order valence-electron chi connectivity index (χ3n) is 2.60. The van der Waals surface area contributed by atoms with E-state index in [1.807, 2.05) is 18.5 Å². The highest BCUT2D eigenvalue weighted by Gasteiger charge is 2.13. The van der Waals surface area contributed by atoms with Crippen molar-refractivity contribution in [3.05, 3.63) is 48.3 Å². The molecule has 0 aliphatic carbocycles. The van der Waals surface area contributed by atoms with Crippen molar-refractivity contribution in [3.8, 4) is 11.1 Å². The van der Waals surface area contributed by atoms with Crippen LogP contribution in [0.4, 0.5) is 5.69 Å². The van der Waals surface area contributed by atoms with Crippen LogP contribution in [-0.2, 0) is 6.54 Å². The molecule has 14 heavy (non-hydrogen) atoms. The van der Waals surface area contributed by atoms with Crippen molar-refractivity contribution in [2.45, 2.75) is 6.54 Å². The van der Waals surface area contributed by atoms with E-state index in [4.69, 9.17) is 0 Å². The molecule has 0 spiro atoms. The lowest BCUT2D eigenvalue weighted by Crippen LogP contribution is -2.08. The van der Waals surface area contributed by atoms with Crippen molar-refractivity contribution < 1.29 is 0 Å². The summed E-state index contributed by atoms with van der Waals surface area (Å²) in [5.74, 6) is 0.